The highest BCUT2D eigenvalue weighted by molar-refractivity contribution is 5.72. The van der Waals surface area contributed by atoms with Crippen molar-refractivity contribution in [3.05, 3.63) is 6.92 Å². The Morgan fingerprint density at radius 2 is 1.88 bits per heavy atom. The third kappa shape index (κ3) is 7.03. The van der Waals surface area contributed by atoms with Crippen LogP contribution in [0.2, 0.25) is 0 Å². The van der Waals surface area contributed by atoms with E-state index in [1.54, 1.807) is 13.8 Å². The number of alkyl halides is 1. The summed E-state index contributed by atoms with van der Waals surface area (Å²) < 4.78 is 21.6. The van der Waals surface area contributed by atoms with Gasteiger partial charge in [-0.05, 0) is 6.92 Å². The van der Waals surface area contributed by atoms with Crippen molar-refractivity contribution in [2.75, 3.05) is 6.54 Å². The fourth-order valence-corrected chi connectivity index (χ4v) is 0.710. The monoisotopic (exact) mass is 234 g/mol. The van der Waals surface area contributed by atoms with Crippen LogP contribution in [0.4, 0.5) is 9.18 Å². The largest absolute Gasteiger partial charge is 0.425 e. The van der Waals surface area contributed by atoms with E-state index in [1.165, 1.54) is 6.92 Å². The van der Waals surface area contributed by atoms with E-state index < -0.39 is 24.5 Å². The summed E-state index contributed by atoms with van der Waals surface area (Å²) in [7, 11) is 0. The first-order valence-electron chi connectivity index (χ1n) is 4.95. The Hall–Kier alpha value is -1.33. The van der Waals surface area contributed by atoms with Crippen LogP contribution in [0.15, 0.2) is 0 Å². The molecular weight excluding hydrogens is 217 g/mol. The first-order valence-corrected chi connectivity index (χ1v) is 4.95. The van der Waals surface area contributed by atoms with Crippen molar-refractivity contribution in [3.8, 4) is 0 Å². The van der Waals surface area contributed by atoms with Gasteiger partial charge in [0.15, 0.2) is 0 Å². The molecule has 0 spiro atoms. The summed E-state index contributed by atoms with van der Waals surface area (Å²) in [5.41, 5.74) is 0. The van der Waals surface area contributed by atoms with E-state index in [0.29, 0.717) is 0 Å². The predicted molar refractivity (Wildman–Crippen MR) is 55.1 cm³/mol. The molecule has 0 aromatic heterocycles. The molecule has 0 saturated heterocycles. The predicted octanol–water partition coefficient (Wildman–Crippen LogP) is 1.43. The van der Waals surface area contributed by atoms with E-state index in [2.05, 4.69) is 17.0 Å². The Morgan fingerprint density at radius 1 is 1.31 bits per heavy atom. The van der Waals surface area contributed by atoms with Crippen molar-refractivity contribution in [2.45, 2.75) is 33.2 Å². The van der Waals surface area contributed by atoms with Crippen molar-refractivity contribution in [1.82, 2.24) is 5.32 Å². The Labute approximate surface area is 94.3 Å². The summed E-state index contributed by atoms with van der Waals surface area (Å²) in [5, 5.41) is 2.13. The Kier molecular flexibility index (Phi) is 6.44. The third-order valence-electron chi connectivity index (χ3n) is 1.49. The van der Waals surface area contributed by atoms with Crippen molar-refractivity contribution in [2.24, 2.45) is 5.92 Å². The molecule has 0 aliphatic carbocycles. The number of halogens is 1. The molecule has 1 radical (unpaired) electrons. The van der Waals surface area contributed by atoms with E-state index in [-0.39, 0.29) is 12.5 Å². The first kappa shape index (κ1) is 14.7. The fourth-order valence-electron chi connectivity index (χ4n) is 0.710. The quantitative estimate of drug-likeness (QED) is 0.577. The maximum Gasteiger partial charge on any atom is 0.410 e. The van der Waals surface area contributed by atoms with Gasteiger partial charge in [0.25, 0.3) is 0 Å². The lowest BCUT2D eigenvalue weighted by Crippen LogP contribution is -2.33. The average Bonchev–Trinajstić information content (AvgIpc) is 2.14. The lowest BCUT2D eigenvalue weighted by atomic mass is 10.2. The van der Waals surface area contributed by atoms with E-state index >= 15 is 0 Å². The first-order chi connectivity index (χ1) is 7.32. The number of carbonyl (C=O) groups is 2. The summed E-state index contributed by atoms with van der Waals surface area (Å²) in [6, 6.07) is 0. The second kappa shape index (κ2) is 7.03. The summed E-state index contributed by atoms with van der Waals surface area (Å²) in [4.78, 5) is 22.1. The highest BCUT2D eigenvalue weighted by Crippen LogP contribution is 2.01. The molecule has 0 aliphatic rings. The van der Waals surface area contributed by atoms with Crippen LogP contribution in [0.5, 0.6) is 0 Å². The maximum absolute atomic E-state index is 12.2. The van der Waals surface area contributed by atoms with Gasteiger partial charge < -0.3 is 14.8 Å². The van der Waals surface area contributed by atoms with E-state index in [9.17, 15) is 14.0 Å². The van der Waals surface area contributed by atoms with Gasteiger partial charge in [-0.15, -0.1) is 0 Å². The number of ether oxygens (including phenoxy) is 2. The van der Waals surface area contributed by atoms with Crippen LogP contribution >= 0.6 is 0 Å². The number of alkyl carbamates (subject to hydrolysis) is 1. The molecule has 2 atom stereocenters. The van der Waals surface area contributed by atoms with Gasteiger partial charge >= 0.3 is 12.1 Å². The third-order valence-corrected chi connectivity index (χ3v) is 1.49. The molecule has 0 aliphatic heterocycles. The van der Waals surface area contributed by atoms with Gasteiger partial charge in [0, 0.05) is 6.92 Å². The molecule has 16 heavy (non-hydrogen) atoms. The van der Waals surface area contributed by atoms with Crippen molar-refractivity contribution in [1.29, 1.82) is 0 Å². The molecule has 6 heteroatoms. The lowest BCUT2D eigenvalue weighted by Gasteiger charge is -2.15. The molecule has 1 unspecified atom stereocenters. The summed E-state index contributed by atoms with van der Waals surface area (Å²) in [6.07, 6.45) is -3.26. The highest BCUT2D eigenvalue weighted by Gasteiger charge is 2.16. The zero-order valence-corrected chi connectivity index (χ0v) is 9.66. The Balaban J connectivity index is 3.82. The van der Waals surface area contributed by atoms with Crippen molar-refractivity contribution < 1.29 is 23.5 Å². The topological polar surface area (TPSA) is 64.6 Å². The van der Waals surface area contributed by atoms with Gasteiger partial charge in [-0.3, -0.25) is 4.79 Å². The molecular formula is C10H17FNO4. The number of hydrogen-bond acceptors (Lipinski definition) is 4. The standard InChI is InChI=1S/C10H17FNO4/c1-6(2)9(13)15-8(4)16-10(14)12-5-7(3)11/h6-8H,3,5H2,1-2,4H3,(H,12,14)/t7-,8?/m0/s1. The molecule has 0 bridgehead atoms. The highest BCUT2D eigenvalue weighted by atomic mass is 19.1. The van der Waals surface area contributed by atoms with Crippen LogP contribution < -0.4 is 5.32 Å². The number of amides is 1. The minimum absolute atomic E-state index is 0.246. The van der Waals surface area contributed by atoms with Gasteiger partial charge in [-0.2, -0.15) is 0 Å². The number of nitrogens with one attached hydrogen (secondary N) is 1. The van der Waals surface area contributed by atoms with Crippen LogP contribution in [0.3, 0.4) is 0 Å². The zero-order chi connectivity index (χ0) is 12.7. The van der Waals surface area contributed by atoms with Gasteiger partial charge in [0.2, 0.25) is 6.29 Å². The Morgan fingerprint density at radius 3 is 2.31 bits per heavy atom. The number of carbonyl (C=O) groups excluding carboxylic acids is 2. The van der Waals surface area contributed by atoms with E-state index in [4.69, 9.17) is 4.74 Å². The van der Waals surface area contributed by atoms with Crippen molar-refractivity contribution in [3.63, 3.8) is 0 Å². The lowest BCUT2D eigenvalue weighted by molar-refractivity contribution is -0.168. The normalized spacial score (nSPS) is 14.1. The van der Waals surface area contributed by atoms with Gasteiger partial charge in [-0.1, -0.05) is 13.8 Å². The molecule has 1 amide bonds. The Bertz CT molecular complexity index is 243. The van der Waals surface area contributed by atoms with Crippen LogP contribution in [-0.2, 0) is 14.3 Å². The number of rotatable bonds is 5. The van der Waals surface area contributed by atoms with Gasteiger partial charge in [0.05, 0.1) is 12.5 Å². The molecule has 0 aromatic carbocycles. The van der Waals surface area contributed by atoms with Crippen LogP contribution in [-0.4, -0.2) is 31.1 Å². The summed E-state index contributed by atoms with van der Waals surface area (Å²) >= 11 is 0. The van der Waals surface area contributed by atoms with E-state index in [1.807, 2.05) is 0 Å². The molecule has 0 heterocycles. The van der Waals surface area contributed by atoms with Crippen molar-refractivity contribution >= 4 is 12.1 Å². The molecule has 93 valence electrons. The summed E-state index contributed by atoms with van der Waals surface area (Å²) in [5.74, 6) is -0.773. The molecule has 0 saturated carbocycles. The second-order valence-electron chi connectivity index (χ2n) is 3.54. The van der Waals surface area contributed by atoms with E-state index in [0.717, 1.165) is 0 Å². The SMILES string of the molecule is [CH2][C@H](F)CNC(=O)OC(C)OC(=O)C(C)C. The molecule has 0 fully saturated rings. The van der Waals surface area contributed by atoms with Crippen LogP contribution in [0, 0.1) is 12.8 Å². The molecule has 0 aromatic rings. The number of hydrogen-bond donors (Lipinski definition) is 1. The maximum atomic E-state index is 12.2. The molecule has 1 N–H and O–H groups in total. The zero-order valence-electron chi connectivity index (χ0n) is 9.66. The van der Waals surface area contributed by atoms with Gasteiger partial charge in [0.1, 0.15) is 6.17 Å². The average molecular weight is 234 g/mol. The van der Waals surface area contributed by atoms with Gasteiger partial charge in [-0.25, -0.2) is 9.18 Å². The molecule has 0 rings (SSSR count). The smallest absolute Gasteiger partial charge is 0.410 e. The number of esters is 1. The molecule has 5 nitrogen and oxygen atoms in total. The summed E-state index contributed by atoms with van der Waals surface area (Å²) in [6.45, 7) is 7.51. The minimum atomic E-state index is -1.40. The fraction of sp³-hybridized carbons (Fsp3) is 0.700. The van der Waals surface area contributed by atoms with Crippen LogP contribution in [0.25, 0.3) is 0 Å². The minimum Gasteiger partial charge on any atom is -0.425 e. The van der Waals surface area contributed by atoms with Crippen LogP contribution in [0.1, 0.15) is 20.8 Å². The second-order valence-corrected chi connectivity index (χ2v) is 3.54.